The Morgan fingerprint density at radius 1 is 1.27 bits per heavy atom. The fourth-order valence-corrected chi connectivity index (χ4v) is 4.18. The van der Waals surface area contributed by atoms with Gasteiger partial charge in [-0.3, -0.25) is 14.7 Å². The van der Waals surface area contributed by atoms with Crippen LogP contribution in [0.1, 0.15) is 28.4 Å². The quantitative estimate of drug-likeness (QED) is 0.726. The summed E-state index contributed by atoms with van der Waals surface area (Å²) in [4.78, 5) is 34.7. The van der Waals surface area contributed by atoms with Crippen LogP contribution >= 0.6 is 0 Å². The van der Waals surface area contributed by atoms with E-state index in [-0.39, 0.29) is 18.1 Å². The first-order valence-corrected chi connectivity index (χ1v) is 10.3. The van der Waals surface area contributed by atoms with Gasteiger partial charge in [-0.1, -0.05) is 0 Å². The van der Waals surface area contributed by atoms with Crippen molar-refractivity contribution in [2.24, 2.45) is 5.92 Å². The van der Waals surface area contributed by atoms with Crippen molar-refractivity contribution in [3.05, 3.63) is 47.9 Å². The fraction of sp³-hybridized carbons (Fsp3) is 0.524. The third-order valence-electron chi connectivity index (χ3n) is 5.71. The lowest BCUT2D eigenvalue weighted by molar-refractivity contribution is -0.192. The highest BCUT2D eigenvalue weighted by Gasteiger charge is 2.46. The van der Waals surface area contributed by atoms with Crippen molar-refractivity contribution in [1.29, 1.82) is 0 Å². The largest absolute Gasteiger partial charge is 0.490 e. The monoisotopic (exact) mass is 470 g/mol. The summed E-state index contributed by atoms with van der Waals surface area (Å²) in [6, 6.07) is 4.02. The lowest BCUT2D eigenvalue weighted by atomic mass is 9.89. The number of likely N-dealkylation sites (tertiary alicyclic amines) is 2. The number of hydrogen-bond acceptors (Lipinski definition) is 7. The van der Waals surface area contributed by atoms with E-state index in [1.807, 2.05) is 24.0 Å². The number of amides is 1. The number of carboxylic acid groups (broad SMARTS) is 1. The number of methoxy groups -OCH3 is 1. The summed E-state index contributed by atoms with van der Waals surface area (Å²) >= 11 is 0. The van der Waals surface area contributed by atoms with E-state index in [4.69, 9.17) is 19.1 Å². The Balaban J connectivity index is 0.000000383. The van der Waals surface area contributed by atoms with Gasteiger partial charge in [0.2, 0.25) is 0 Å². The predicted octanol–water partition coefficient (Wildman–Crippen LogP) is 2.37. The third-order valence-corrected chi connectivity index (χ3v) is 5.71. The average molecular weight is 470 g/mol. The second-order valence-electron chi connectivity index (χ2n) is 7.91. The van der Waals surface area contributed by atoms with Gasteiger partial charge in [0.05, 0.1) is 36.8 Å². The number of hydrogen-bond donors (Lipinski definition) is 1. The molecule has 0 spiro atoms. The Bertz CT molecular complexity index is 936. The van der Waals surface area contributed by atoms with Gasteiger partial charge in [0.15, 0.2) is 0 Å². The lowest BCUT2D eigenvalue weighted by Gasteiger charge is -2.40. The van der Waals surface area contributed by atoms with Crippen molar-refractivity contribution in [1.82, 2.24) is 19.8 Å². The number of rotatable bonds is 4. The highest BCUT2D eigenvalue weighted by atomic mass is 19.4. The van der Waals surface area contributed by atoms with Crippen molar-refractivity contribution in [2.45, 2.75) is 38.2 Å². The first-order valence-electron chi connectivity index (χ1n) is 10.3. The molecule has 33 heavy (non-hydrogen) atoms. The van der Waals surface area contributed by atoms with E-state index in [1.54, 1.807) is 25.8 Å². The molecule has 12 heteroatoms. The van der Waals surface area contributed by atoms with E-state index in [2.05, 4.69) is 14.9 Å². The van der Waals surface area contributed by atoms with Crippen LogP contribution in [-0.4, -0.2) is 81.8 Å². The summed E-state index contributed by atoms with van der Waals surface area (Å²) in [6.45, 7) is 5.01. The number of aromatic nitrogens is 2. The number of carbonyl (C=O) groups is 2. The molecule has 2 aromatic rings. The minimum absolute atomic E-state index is 0.0399. The van der Waals surface area contributed by atoms with Crippen LogP contribution in [0, 0.1) is 12.8 Å². The van der Waals surface area contributed by atoms with Crippen molar-refractivity contribution >= 4 is 11.9 Å². The van der Waals surface area contributed by atoms with Gasteiger partial charge < -0.3 is 19.2 Å². The summed E-state index contributed by atoms with van der Waals surface area (Å²) in [6.07, 6.45) is 0.851. The second kappa shape index (κ2) is 10.3. The van der Waals surface area contributed by atoms with Crippen LogP contribution in [0.3, 0.4) is 0 Å². The van der Waals surface area contributed by atoms with Crippen molar-refractivity contribution in [3.63, 3.8) is 0 Å². The maximum atomic E-state index is 13.0. The lowest BCUT2D eigenvalue weighted by Crippen LogP contribution is -2.53. The van der Waals surface area contributed by atoms with Gasteiger partial charge >= 0.3 is 12.1 Å². The molecule has 0 unspecified atom stereocenters. The molecule has 0 aliphatic carbocycles. The van der Waals surface area contributed by atoms with Crippen LogP contribution in [0.5, 0.6) is 0 Å². The Labute approximate surface area is 188 Å². The smallest absolute Gasteiger partial charge is 0.475 e. The number of carbonyl (C=O) groups excluding carboxylic acids is 1. The number of aliphatic carboxylic acids is 1. The summed E-state index contributed by atoms with van der Waals surface area (Å²) < 4.78 is 42.9. The molecule has 4 heterocycles. The van der Waals surface area contributed by atoms with E-state index in [0.717, 1.165) is 37.5 Å². The highest BCUT2D eigenvalue weighted by Crippen LogP contribution is 2.34. The van der Waals surface area contributed by atoms with Gasteiger partial charge in [-0.25, -0.2) is 9.78 Å². The summed E-state index contributed by atoms with van der Waals surface area (Å²) in [5.74, 6) is -1.56. The number of piperidine rings is 1. The molecule has 2 fully saturated rings. The molecule has 3 atom stereocenters. The Morgan fingerprint density at radius 3 is 2.55 bits per heavy atom. The molecule has 2 aliphatic heterocycles. The molecule has 9 nitrogen and oxygen atoms in total. The number of ether oxygens (including phenoxy) is 1. The normalized spacial score (nSPS) is 22.9. The van der Waals surface area contributed by atoms with Crippen LogP contribution < -0.4 is 0 Å². The van der Waals surface area contributed by atoms with Crippen molar-refractivity contribution in [3.8, 4) is 0 Å². The number of carboxylic acids is 1. The van der Waals surface area contributed by atoms with Gasteiger partial charge in [0, 0.05) is 38.9 Å². The number of fused-ring (bicyclic) bond motifs is 1. The topological polar surface area (TPSA) is 109 Å². The molecule has 0 bridgehead atoms. The number of halogens is 3. The van der Waals surface area contributed by atoms with Gasteiger partial charge in [-0.05, 0) is 25.5 Å². The zero-order valence-electron chi connectivity index (χ0n) is 18.2. The van der Waals surface area contributed by atoms with Crippen LogP contribution in [0.15, 0.2) is 35.2 Å². The fourth-order valence-electron chi connectivity index (χ4n) is 4.18. The maximum absolute atomic E-state index is 13.0. The summed E-state index contributed by atoms with van der Waals surface area (Å²) in [5, 5.41) is 7.12. The van der Waals surface area contributed by atoms with Crippen molar-refractivity contribution in [2.75, 3.05) is 26.7 Å². The van der Waals surface area contributed by atoms with Gasteiger partial charge in [0.25, 0.3) is 5.91 Å². The molecular formula is C21H25F3N4O5. The SMILES string of the molecule is CO[C@H]1CCN(C(=O)c2cnc(C)cn2)[C@@H]2CN(Cc3ccco3)C[C@H]12.O=C(O)C(F)(F)F. The molecular weight excluding hydrogens is 445 g/mol. The van der Waals surface area contributed by atoms with Crippen molar-refractivity contribution < 1.29 is 37.0 Å². The van der Waals surface area contributed by atoms with Crippen LogP contribution in [0.2, 0.25) is 0 Å². The van der Waals surface area contributed by atoms with Crippen LogP contribution in [-0.2, 0) is 16.1 Å². The minimum atomic E-state index is -5.08. The molecule has 0 saturated carbocycles. The Hall–Kier alpha value is -2.99. The van der Waals surface area contributed by atoms with Gasteiger partial charge in [-0.15, -0.1) is 0 Å². The molecule has 2 aliphatic rings. The zero-order chi connectivity index (χ0) is 24.2. The molecule has 1 amide bonds. The highest BCUT2D eigenvalue weighted by molar-refractivity contribution is 5.92. The third kappa shape index (κ3) is 6.08. The van der Waals surface area contributed by atoms with E-state index in [9.17, 15) is 18.0 Å². The standard InChI is InChI=1S/C19H24N4O3.C2HF3O2/c1-13-8-21-16(9-20-13)19(24)23-6-5-18(25-2)15-11-22(12-17(15)23)10-14-4-3-7-26-14;3-2(4,5)1(6)7/h3-4,7-9,15,17-18H,5-6,10-12H2,1-2H3;(H,6,7)/t15-,17+,18-;/m0./s1. The second-order valence-corrected chi connectivity index (χ2v) is 7.91. The van der Waals surface area contributed by atoms with Crippen LogP contribution in [0.25, 0.3) is 0 Å². The number of nitrogens with zero attached hydrogens (tertiary/aromatic N) is 4. The Morgan fingerprint density at radius 2 is 2.00 bits per heavy atom. The van der Waals surface area contributed by atoms with Crippen LogP contribution in [0.4, 0.5) is 13.2 Å². The van der Waals surface area contributed by atoms with E-state index in [1.165, 1.54) is 0 Å². The molecule has 180 valence electrons. The average Bonchev–Trinajstić information content (AvgIpc) is 3.43. The predicted molar refractivity (Wildman–Crippen MR) is 108 cm³/mol. The molecule has 0 aromatic carbocycles. The minimum Gasteiger partial charge on any atom is -0.475 e. The number of alkyl halides is 3. The molecule has 1 N–H and O–H groups in total. The molecule has 2 aromatic heterocycles. The van der Waals surface area contributed by atoms with E-state index >= 15 is 0 Å². The molecule has 2 saturated heterocycles. The molecule has 4 rings (SSSR count). The number of furan rings is 1. The van der Waals surface area contributed by atoms with E-state index in [0.29, 0.717) is 18.2 Å². The van der Waals surface area contributed by atoms with Gasteiger partial charge in [0.1, 0.15) is 11.5 Å². The van der Waals surface area contributed by atoms with E-state index < -0.39 is 12.1 Å². The number of aryl methyl sites for hydroxylation is 1. The summed E-state index contributed by atoms with van der Waals surface area (Å²) in [5.41, 5.74) is 1.22. The first kappa shape index (κ1) is 24.6. The van der Waals surface area contributed by atoms with Gasteiger partial charge in [-0.2, -0.15) is 13.2 Å². The maximum Gasteiger partial charge on any atom is 0.490 e. The molecule has 0 radical (unpaired) electrons. The summed E-state index contributed by atoms with van der Waals surface area (Å²) in [7, 11) is 1.76. The first-order chi connectivity index (χ1) is 15.6. The zero-order valence-corrected chi connectivity index (χ0v) is 18.2. The Kier molecular flexibility index (Phi) is 7.69.